The van der Waals surface area contributed by atoms with Gasteiger partial charge in [-0.05, 0) is 56.2 Å². The number of aromatic nitrogens is 3. The maximum atomic E-state index is 13.4. The van der Waals surface area contributed by atoms with E-state index in [1.54, 1.807) is 12.1 Å². The van der Waals surface area contributed by atoms with Gasteiger partial charge in [-0.25, -0.2) is 4.39 Å². The molecule has 2 aromatic heterocycles. The number of rotatable bonds is 8. The molecule has 176 valence electrons. The van der Waals surface area contributed by atoms with E-state index in [0.29, 0.717) is 23.3 Å². The zero-order valence-corrected chi connectivity index (χ0v) is 19.6. The molecule has 3 heterocycles. The van der Waals surface area contributed by atoms with E-state index in [1.165, 1.54) is 23.9 Å². The fraction of sp³-hybridized carbons (Fsp3) is 0.320. The summed E-state index contributed by atoms with van der Waals surface area (Å²) in [7, 11) is 0. The SMILES string of the molecule is C[C@@H](NC(=O)CSc1nnc(-c2ccc(F)cc2)n1C[C@H]1CCCO1)c1cc2ccccc2o1. The van der Waals surface area contributed by atoms with Crippen molar-refractivity contribution in [1.82, 2.24) is 20.1 Å². The lowest BCUT2D eigenvalue weighted by Crippen LogP contribution is -2.28. The highest BCUT2D eigenvalue weighted by atomic mass is 32.2. The number of furan rings is 1. The fourth-order valence-electron chi connectivity index (χ4n) is 4.06. The molecule has 0 unspecified atom stereocenters. The van der Waals surface area contributed by atoms with Gasteiger partial charge in [0.15, 0.2) is 11.0 Å². The van der Waals surface area contributed by atoms with Crippen LogP contribution >= 0.6 is 11.8 Å². The van der Waals surface area contributed by atoms with Crippen molar-refractivity contribution in [3.8, 4) is 11.4 Å². The molecule has 4 aromatic rings. The van der Waals surface area contributed by atoms with Crippen molar-refractivity contribution in [2.24, 2.45) is 0 Å². The van der Waals surface area contributed by atoms with Crippen LogP contribution in [0.4, 0.5) is 4.39 Å². The fourth-order valence-corrected chi connectivity index (χ4v) is 4.82. The Morgan fingerprint density at radius 2 is 2.06 bits per heavy atom. The van der Waals surface area contributed by atoms with Crippen LogP contribution in [0.2, 0.25) is 0 Å². The largest absolute Gasteiger partial charge is 0.459 e. The normalized spacial score (nSPS) is 16.7. The van der Waals surface area contributed by atoms with Gasteiger partial charge in [-0.2, -0.15) is 0 Å². The molecule has 0 spiro atoms. The highest BCUT2D eigenvalue weighted by Crippen LogP contribution is 2.27. The van der Waals surface area contributed by atoms with Crippen LogP contribution < -0.4 is 5.32 Å². The van der Waals surface area contributed by atoms with Crippen LogP contribution in [0, 0.1) is 5.82 Å². The van der Waals surface area contributed by atoms with Crippen LogP contribution in [0.15, 0.2) is 64.2 Å². The van der Waals surface area contributed by atoms with Crippen LogP contribution in [0.1, 0.15) is 31.6 Å². The molecule has 0 radical (unpaired) electrons. The standard InChI is InChI=1S/C25H25FN4O3S/c1-16(22-13-18-5-2-3-7-21(18)33-22)27-23(31)15-34-25-29-28-24(17-8-10-19(26)11-9-17)30(25)14-20-6-4-12-32-20/h2-3,5,7-11,13,16,20H,4,6,12,14-15H2,1H3,(H,27,31)/t16-,20-/m1/s1. The zero-order chi connectivity index (χ0) is 23.5. The first-order valence-electron chi connectivity index (χ1n) is 11.3. The Hall–Kier alpha value is -3.17. The maximum absolute atomic E-state index is 13.4. The van der Waals surface area contributed by atoms with Gasteiger partial charge in [-0.3, -0.25) is 9.36 Å². The van der Waals surface area contributed by atoms with Gasteiger partial charge in [0.25, 0.3) is 0 Å². The topological polar surface area (TPSA) is 82.2 Å². The lowest BCUT2D eigenvalue weighted by atomic mass is 10.2. The minimum atomic E-state index is -0.307. The molecule has 0 bridgehead atoms. The quantitative estimate of drug-likeness (QED) is 0.358. The number of halogens is 1. The minimum absolute atomic E-state index is 0.0662. The van der Waals surface area contributed by atoms with Crippen molar-refractivity contribution in [2.75, 3.05) is 12.4 Å². The van der Waals surface area contributed by atoms with Gasteiger partial charge in [-0.15, -0.1) is 10.2 Å². The van der Waals surface area contributed by atoms with Crippen molar-refractivity contribution in [3.05, 3.63) is 66.2 Å². The number of amides is 1. The zero-order valence-electron chi connectivity index (χ0n) is 18.7. The first-order valence-corrected chi connectivity index (χ1v) is 12.3. The third kappa shape index (κ3) is 5.00. The van der Waals surface area contributed by atoms with E-state index in [4.69, 9.17) is 9.15 Å². The molecular weight excluding hydrogens is 455 g/mol. The number of para-hydroxylation sites is 1. The molecule has 7 nitrogen and oxygen atoms in total. The van der Waals surface area contributed by atoms with Crippen molar-refractivity contribution in [2.45, 2.75) is 43.6 Å². The Morgan fingerprint density at radius 3 is 2.82 bits per heavy atom. The number of thioether (sulfide) groups is 1. The number of hydrogen-bond acceptors (Lipinski definition) is 6. The summed E-state index contributed by atoms with van der Waals surface area (Å²) in [5.41, 5.74) is 1.56. The summed E-state index contributed by atoms with van der Waals surface area (Å²) in [5.74, 6) is 1.08. The summed E-state index contributed by atoms with van der Waals surface area (Å²) in [5, 5.41) is 13.3. The summed E-state index contributed by atoms with van der Waals surface area (Å²) in [6.45, 7) is 3.22. The van der Waals surface area contributed by atoms with Crippen molar-refractivity contribution >= 4 is 28.6 Å². The molecule has 2 aromatic carbocycles. The Kier molecular flexibility index (Phi) is 6.64. The van der Waals surface area contributed by atoms with E-state index in [-0.39, 0.29) is 29.6 Å². The number of nitrogens with zero attached hydrogens (tertiary/aromatic N) is 3. The van der Waals surface area contributed by atoms with E-state index in [0.717, 1.165) is 36.0 Å². The Labute approximate surface area is 200 Å². The monoisotopic (exact) mass is 480 g/mol. The average Bonchev–Trinajstić information content (AvgIpc) is 3.59. The molecule has 1 fully saturated rings. The molecule has 5 rings (SSSR count). The molecule has 1 aliphatic rings. The Morgan fingerprint density at radius 1 is 1.24 bits per heavy atom. The summed E-state index contributed by atoms with van der Waals surface area (Å²) >= 11 is 1.32. The maximum Gasteiger partial charge on any atom is 0.231 e. The number of nitrogens with one attached hydrogen (secondary N) is 1. The summed E-state index contributed by atoms with van der Waals surface area (Å²) in [6, 6.07) is 15.6. The van der Waals surface area contributed by atoms with E-state index in [2.05, 4.69) is 15.5 Å². The molecule has 0 aliphatic carbocycles. The van der Waals surface area contributed by atoms with Gasteiger partial charge in [0.2, 0.25) is 5.91 Å². The molecule has 34 heavy (non-hydrogen) atoms. The number of hydrogen-bond donors (Lipinski definition) is 1. The van der Waals surface area contributed by atoms with Gasteiger partial charge in [0.05, 0.1) is 24.4 Å². The molecule has 9 heteroatoms. The lowest BCUT2D eigenvalue weighted by molar-refractivity contribution is -0.119. The third-order valence-electron chi connectivity index (χ3n) is 5.81. The number of ether oxygens (including phenoxy) is 1. The summed E-state index contributed by atoms with van der Waals surface area (Å²) < 4.78 is 27.0. The van der Waals surface area contributed by atoms with Crippen molar-refractivity contribution in [3.63, 3.8) is 0 Å². The van der Waals surface area contributed by atoms with E-state index >= 15 is 0 Å². The molecule has 0 saturated carbocycles. The van der Waals surface area contributed by atoms with Crippen molar-refractivity contribution < 1.29 is 18.3 Å². The van der Waals surface area contributed by atoms with Crippen LogP contribution in [0.3, 0.4) is 0 Å². The summed E-state index contributed by atoms with van der Waals surface area (Å²) in [6.07, 6.45) is 2.04. The highest BCUT2D eigenvalue weighted by Gasteiger charge is 2.23. The molecule has 1 saturated heterocycles. The van der Waals surface area contributed by atoms with Gasteiger partial charge < -0.3 is 14.5 Å². The van der Waals surface area contributed by atoms with Crippen LogP contribution in [-0.2, 0) is 16.1 Å². The second kappa shape index (κ2) is 9.99. The second-order valence-electron chi connectivity index (χ2n) is 8.32. The van der Waals surface area contributed by atoms with Gasteiger partial charge in [0.1, 0.15) is 17.2 Å². The molecule has 1 N–H and O–H groups in total. The van der Waals surface area contributed by atoms with Gasteiger partial charge in [-0.1, -0.05) is 30.0 Å². The number of benzene rings is 2. The van der Waals surface area contributed by atoms with Crippen molar-refractivity contribution in [1.29, 1.82) is 0 Å². The lowest BCUT2D eigenvalue weighted by Gasteiger charge is -2.15. The summed E-state index contributed by atoms with van der Waals surface area (Å²) in [4.78, 5) is 12.7. The third-order valence-corrected chi connectivity index (χ3v) is 6.78. The van der Waals surface area contributed by atoms with Crippen LogP contribution in [0.5, 0.6) is 0 Å². The number of carbonyl (C=O) groups excluding carboxylic acids is 1. The van der Waals surface area contributed by atoms with E-state index in [9.17, 15) is 9.18 Å². The van der Waals surface area contributed by atoms with E-state index < -0.39 is 0 Å². The first kappa shape index (κ1) is 22.6. The number of fused-ring (bicyclic) bond motifs is 1. The van der Waals surface area contributed by atoms with Crippen LogP contribution in [-0.4, -0.2) is 39.1 Å². The average molecular weight is 481 g/mol. The first-order chi connectivity index (χ1) is 16.6. The van der Waals surface area contributed by atoms with Crippen LogP contribution in [0.25, 0.3) is 22.4 Å². The Bertz CT molecular complexity index is 1250. The predicted octanol–water partition coefficient (Wildman–Crippen LogP) is 4.98. The second-order valence-corrected chi connectivity index (χ2v) is 9.27. The smallest absolute Gasteiger partial charge is 0.231 e. The molecule has 1 amide bonds. The van der Waals surface area contributed by atoms with Gasteiger partial charge >= 0.3 is 0 Å². The number of carbonyl (C=O) groups is 1. The van der Waals surface area contributed by atoms with Gasteiger partial charge in [0, 0.05) is 17.6 Å². The van der Waals surface area contributed by atoms with E-state index in [1.807, 2.05) is 41.8 Å². The minimum Gasteiger partial charge on any atom is -0.459 e. The Balaban J connectivity index is 1.28. The predicted molar refractivity (Wildman–Crippen MR) is 128 cm³/mol. The molecule has 2 atom stereocenters. The highest BCUT2D eigenvalue weighted by molar-refractivity contribution is 7.99. The molecule has 1 aliphatic heterocycles. The molecular formula is C25H25FN4O3S.